The lowest BCUT2D eigenvalue weighted by atomic mass is 10.2. The molecule has 1 N–H and O–H groups in total. The molecule has 1 atom stereocenters. The highest BCUT2D eigenvalue weighted by Crippen LogP contribution is 1.97. The molecule has 0 saturated carbocycles. The Balaban J connectivity index is 3.60. The molecule has 0 aromatic rings. The molecular weight excluding hydrogens is 140 g/mol. The van der Waals surface area contributed by atoms with Gasteiger partial charge in [0.25, 0.3) is 0 Å². The minimum Gasteiger partial charge on any atom is -0.396 e. The molecule has 0 spiro atoms. The molecule has 11 heavy (non-hydrogen) atoms. The molecule has 0 rings (SSSR count). The number of nitriles is 1. The number of aliphatic hydroxyl groups excluding tert-OH is 1. The van der Waals surface area contributed by atoms with E-state index in [2.05, 4.69) is 6.07 Å². The van der Waals surface area contributed by atoms with E-state index in [0.717, 1.165) is 13.1 Å². The fraction of sp³-hybridized carbons (Fsp3) is 0.875. The second-order valence-corrected chi connectivity index (χ2v) is 2.77. The first kappa shape index (κ1) is 10.4. The molecule has 1 unspecified atom stereocenters. The maximum Gasteiger partial charge on any atom is 0.0866 e. The van der Waals surface area contributed by atoms with E-state index in [4.69, 9.17) is 10.4 Å². The van der Waals surface area contributed by atoms with Crippen LogP contribution in [-0.2, 0) is 0 Å². The summed E-state index contributed by atoms with van der Waals surface area (Å²) >= 11 is 0. The van der Waals surface area contributed by atoms with Gasteiger partial charge in [0, 0.05) is 13.2 Å². The Morgan fingerprint density at radius 2 is 2.27 bits per heavy atom. The van der Waals surface area contributed by atoms with Crippen LogP contribution in [0.4, 0.5) is 0 Å². The first-order valence-corrected chi connectivity index (χ1v) is 3.94. The van der Waals surface area contributed by atoms with Crippen LogP contribution in [0.25, 0.3) is 0 Å². The van der Waals surface area contributed by atoms with Crippen LogP contribution in [0.5, 0.6) is 0 Å². The van der Waals surface area contributed by atoms with Crippen molar-refractivity contribution in [3.05, 3.63) is 0 Å². The van der Waals surface area contributed by atoms with Gasteiger partial charge in [-0.25, -0.2) is 0 Å². The van der Waals surface area contributed by atoms with E-state index in [0.29, 0.717) is 6.54 Å². The first-order valence-electron chi connectivity index (χ1n) is 3.94. The van der Waals surface area contributed by atoms with Gasteiger partial charge >= 0.3 is 0 Å². The molecule has 3 heteroatoms. The van der Waals surface area contributed by atoms with E-state index >= 15 is 0 Å². The highest BCUT2D eigenvalue weighted by atomic mass is 16.3. The molecule has 0 radical (unpaired) electrons. The van der Waals surface area contributed by atoms with Crippen molar-refractivity contribution in [3.8, 4) is 6.07 Å². The van der Waals surface area contributed by atoms with Crippen molar-refractivity contribution in [1.29, 1.82) is 5.26 Å². The van der Waals surface area contributed by atoms with Crippen LogP contribution in [0.2, 0.25) is 0 Å². The summed E-state index contributed by atoms with van der Waals surface area (Å²) in [5.74, 6) is 0.267. The van der Waals surface area contributed by atoms with E-state index in [9.17, 15) is 0 Å². The molecule has 0 saturated heterocycles. The number of aliphatic hydroxyl groups is 1. The Bertz CT molecular complexity index is 131. The quantitative estimate of drug-likeness (QED) is 0.588. The Labute approximate surface area is 68.2 Å². The smallest absolute Gasteiger partial charge is 0.0866 e. The van der Waals surface area contributed by atoms with Crippen molar-refractivity contribution in [2.24, 2.45) is 5.92 Å². The molecule has 0 fully saturated rings. The molecular formula is C8H16N2O. The standard InChI is InChI=1S/C8H16N2O/c1-3-10(5-4-9)6-8(2)7-11/h8,11H,3,5-7H2,1-2H3. The Morgan fingerprint density at radius 3 is 2.64 bits per heavy atom. The van der Waals surface area contributed by atoms with Crippen molar-refractivity contribution >= 4 is 0 Å². The lowest BCUT2D eigenvalue weighted by Crippen LogP contribution is -2.30. The summed E-state index contributed by atoms with van der Waals surface area (Å²) < 4.78 is 0. The lowest BCUT2D eigenvalue weighted by Gasteiger charge is -2.19. The maximum absolute atomic E-state index is 8.74. The van der Waals surface area contributed by atoms with E-state index in [1.54, 1.807) is 0 Å². The number of hydrogen-bond donors (Lipinski definition) is 1. The number of hydrogen-bond acceptors (Lipinski definition) is 3. The Hall–Kier alpha value is -0.590. The molecule has 0 aromatic heterocycles. The van der Waals surface area contributed by atoms with Gasteiger partial charge in [0.2, 0.25) is 0 Å². The summed E-state index contributed by atoms with van der Waals surface area (Å²) in [5, 5.41) is 17.1. The SMILES string of the molecule is CCN(CC#N)CC(C)CO. The van der Waals surface area contributed by atoms with Crippen molar-refractivity contribution in [2.45, 2.75) is 13.8 Å². The molecule has 3 nitrogen and oxygen atoms in total. The van der Waals surface area contributed by atoms with Gasteiger partial charge in [0.15, 0.2) is 0 Å². The topological polar surface area (TPSA) is 47.3 Å². The summed E-state index contributed by atoms with van der Waals surface area (Å²) in [6.45, 7) is 6.32. The molecule has 64 valence electrons. The van der Waals surface area contributed by atoms with Crippen LogP contribution in [-0.4, -0.2) is 36.2 Å². The fourth-order valence-corrected chi connectivity index (χ4v) is 0.904. The minimum absolute atomic E-state index is 0.196. The average molecular weight is 156 g/mol. The van der Waals surface area contributed by atoms with Gasteiger partial charge in [0.1, 0.15) is 0 Å². The summed E-state index contributed by atoms with van der Waals surface area (Å²) in [4.78, 5) is 2.01. The van der Waals surface area contributed by atoms with Gasteiger partial charge in [-0.05, 0) is 12.5 Å². The van der Waals surface area contributed by atoms with Gasteiger partial charge < -0.3 is 5.11 Å². The summed E-state index contributed by atoms with van der Waals surface area (Å²) in [6, 6.07) is 2.09. The normalized spacial score (nSPS) is 13.0. The fourth-order valence-electron chi connectivity index (χ4n) is 0.904. The molecule has 0 aliphatic carbocycles. The van der Waals surface area contributed by atoms with Gasteiger partial charge in [-0.15, -0.1) is 0 Å². The predicted octanol–water partition coefficient (Wildman–Crippen LogP) is 0.460. The summed E-state index contributed by atoms with van der Waals surface area (Å²) in [5.41, 5.74) is 0. The third kappa shape index (κ3) is 4.77. The predicted molar refractivity (Wildman–Crippen MR) is 44.0 cm³/mol. The van der Waals surface area contributed by atoms with Crippen molar-refractivity contribution in [2.75, 3.05) is 26.2 Å². The van der Waals surface area contributed by atoms with Gasteiger partial charge in [-0.1, -0.05) is 13.8 Å². The van der Waals surface area contributed by atoms with Crippen molar-refractivity contribution in [1.82, 2.24) is 4.90 Å². The lowest BCUT2D eigenvalue weighted by molar-refractivity contribution is 0.187. The average Bonchev–Trinajstić information content (AvgIpc) is 2.03. The summed E-state index contributed by atoms with van der Waals surface area (Å²) in [6.07, 6.45) is 0. The third-order valence-corrected chi connectivity index (χ3v) is 1.62. The van der Waals surface area contributed by atoms with Gasteiger partial charge in [0.05, 0.1) is 12.6 Å². The Morgan fingerprint density at radius 1 is 1.64 bits per heavy atom. The Kier molecular flexibility index (Phi) is 5.81. The van der Waals surface area contributed by atoms with Crippen molar-refractivity contribution in [3.63, 3.8) is 0 Å². The first-order chi connectivity index (χ1) is 5.24. The van der Waals surface area contributed by atoms with E-state index in [-0.39, 0.29) is 12.5 Å². The van der Waals surface area contributed by atoms with E-state index in [1.165, 1.54) is 0 Å². The van der Waals surface area contributed by atoms with Crippen LogP contribution in [0.15, 0.2) is 0 Å². The number of nitrogens with zero attached hydrogens (tertiary/aromatic N) is 2. The second-order valence-electron chi connectivity index (χ2n) is 2.77. The van der Waals surface area contributed by atoms with Crippen LogP contribution < -0.4 is 0 Å². The zero-order valence-electron chi connectivity index (χ0n) is 7.25. The summed E-state index contributed by atoms with van der Waals surface area (Å²) in [7, 11) is 0. The molecule has 0 aliphatic rings. The van der Waals surface area contributed by atoms with Crippen LogP contribution in [0.3, 0.4) is 0 Å². The minimum atomic E-state index is 0.196. The molecule has 0 amide bonds. The molecule has 0 bridgehead atoms. The highest BCUT2D eigenvalue weighted by molar-refractivity contribution is 4.76. The zero-order valence-corrected chi connectivity index (χ0v) is 7.25. The maximum atomic E-state index is 8.74. The highest BCUT2D eigenvalue weighted by Gasteiger charge is 2.06. The molecule has 0 heterocycles. The van der Waals surface area contributed by atoms with E-state index < -0.39 is 0 Å². The van der Waals surface area contributed by atoms with Crippen LogP contribution in [0, 0.1) is 17.2 Å². The van der Waals surface area contributed by atoms with Crippen molar-refractivity contribution < 1.29 is 5.11 Å². The van der Waals surface area contributed by atoms with Crippen LogP contribution >= 0.6 is 0 Å². The second kappa shape index (κ2) is 6.14. The number of rotatable bonds is 5. The van der Waals surface area contributed by atoms with Gasteiger partial charge in [-0.3, -0.25) is 4.90 Å². The molecule has 0 aliphatic heterocycles. The molecule has 0 aromatic carbocycles. The van der Waals surface area contributed by atoms with E-state index in [1.807, 2.05) is 18.7 Å². The van der Waals surface area contributed by atoms with Crippen LogP contribution in [0.1, 0.15) is 13.8 Å². The zero-order chi connectivity index (χ0) is 8.69. The largest absolute Gasteiger partial charge is 0.396 e. The third-order valence-electron chi connectivity index (χ3n) is 1.62. The monoisotopic (exact) mass is 156 g/mol. The van der Waals surface area contributed by atoms with Gasteiger partial charge in [-0.2, -0.15) is 5.26 Å².